The van der Waals surface area contributed by atoms with Crippen LogP contribution in [0.2, 0.25) is 5.02 Å². The van der Waals surface area contributed by atoms with Gasteiger partial charge in [-0.25, -0.2) is 4.79 Å². The number of hydrogen-bond acceptors (Lipinski definition) is 4. The molecule has 0 saturated carbocycles. The van der Waals surface area contributed by atoms with E-state index in [9.17, 15) is 9.90 Å². The van der Waals surface area contributed by atoms with E-state index in [1.165, 1.54) is 12.1 Å². The van der Waals surface area contributed by atoms with E-state index in [0.29, 0.717) is 17.1 Å². The van der Waals surface area contributed by atoms with E-state index >= 15 is 0 Å². The Morgan fingerprint density at radius 2 is 2.05 bits per heavy atom. The van der Waals surface area contributed by atoms with Crippen LogP contribution in [-0.2, 0) is 0 Å². The summed E-state index contributed by atoms with van der Waals surface area (Å²) in [7, 11) is 3.30. The molecule has 0 aliphatic carbocycles. The molecule has 21 heavy (non-hydrogen) atoms. The fourth-order valence-corrected chi connectivity index (χ4v) is 2.43. The highest BCUT2D eigenvalue weighted by Gasteiger charge is 2.19. The van der Waals surface area contributed by atoms with E-state index in [4.69, 9.17) is 22.1 Å². The maximum atomic E-state index is 11.4. The van der Waals surface area contributed by atoms with Gasteiger partial charge in [-0.15, -0.1) is 0 Å². The first-order valence-electron chi connectivity index (χ1n) is 6.14. The van der Waals surface area contributed by atoms with Gasteiger partial charge in [-0.1, -0.05) is 17.7 Å². The standard InChI is InChI=1S/C15H15ClN2O3/c1-18(10-4-3-5-11(8-10)21-2)14-12(15(19)20)6-9(17)7-13(14)16/h3-8H,17H2,1-2H3,(H,19,20). The molecule has 0 aliphatic heterocycles. The monoisotopic (exact) mass is 306 g/mol. The minimum absolute atomic E-state index is 0.0466. The predicted molar refractivity (Wildman–Crippen MR) is 83.9 cm³/mol. The Balaban J connectivity index is 2.57. The maximum Gasteiger partial charge on any atom is 0.337 e. The lowest BCUT2D eigenvalue weighted by Crippen LogP contribution is -2.15. The van der Waals surface area contributed by atoms with E-state index in [-0.39, 0.29) is 10.6 Å². The molecular formula is C15H15ClN2O3. The van der Waals surface area contributed by atoms with Crippen LogP contribution in [0.15, 0.2) is 36.4 Å². The molecule has 110 valence electrons. The number of aromatic carboxylic acids is 1. The van der Waals surface area contributed by atoms with E-state index < -0.39 is 5.97 Å². The number of carboxylic acid groups (broad SMARTS) is 1. The molecule has 2 aromatic rings. The normalized spacial score (nSPS) is 10.2. The third-order valence-electron chi connectivity index (χ3n) is 3.09. The van der Waals surface area contributed by atoms with Crippen molar-refractivity contribution in [3.05, 3.63) is 47.0 Å². The van der Waals surface area contributed by atoms with Gasteiger partial charge in [-0.2, -0.15) is 0 Å². The largest absolute Gasteiger partial charge is 0.497 e. The van der Waals surface area contributed by atoms with Gasteiger partial charge < -0.3 is 20.5 Å². The summed E-state index contributed by atoms with van der Waals surface area (Å²) in [6, 6.07) is 10.2. The number of hydrogen-bond donors (Lipinski definition) is 2. The summed E-state index contributed by atoms with van der Waals surface area (Å²) in [5.74, 6) is -0.420. The summed E-state index contributed by atoms with van der Waals surface area (Å²) in [5.41, 5.74) is 7.15. The Morgan fingerprint density at radius 3 is 2.67 bits per heavy atom. The second-order valence-electron chi connectivity index (χ2n) is 4.46. The summed E-state index contributed by atoms with van der Waals surface area (Å²) in [6.07, 6.45) is 0. The number of ether oxygens (including phenoxy) is 1. The Bertz CT molecular complexity index is 689. The molecule has 6 heteroatoms. The zero-order valence-corrected chi connectivity index (χ0v) is 12.4. The van der Waals surface area contributed by atoms with Crippen molar-refractivity contribution in [1.29, 1.82) is 0 Å². The lowest BCUT2D eigenvalue weighted by atomic mass is 10.1. The first-order valence-corrected chi connectivity index (χ1v) is 6.52. The minimum Gasteiger partial charge on any atom is -0.497 e. The molecule has 0 heterocycles. The molecule has 0 aromatic heterocycles. The van der Waals surface area contributed by atoms with E-state index in [2.05, 4.69) is 0 Å². The number of nitrogens with zero attached hydrogens (tertiary/aromatic N) is 1. The second kappa shape index (κ2) is 5.93. The summed E-state index contributed by atoms with van der Waals surface area (Å²) < 4.78 is 5.17. The van der Waals surface area contributed by atoms with Crippen LogP contribution in [0, 0.1) is 0 Å². The molecule has 0 aliphatic rings. The van der Waals surface area contributed by atoms with Gasteiger partial charge in [-0.05, 0) is 24.3 Å². The van der Waals surface area contributed by atoms with Crippen LogP contribution >= 0.6 is 11.6 Å². The molecule has 0 amide bonds. The Kier molecular flexibility index (Phi) is 4.23. The van der Waals surface area contributed by atoms with Crippen molar-refractivity contribution in [3.8, 4) is 5.75 Å². The van der Waals surface area contributed by atoms with Crippen LogP contribution in [0.5, 0.6) is 5.75 Å². The zero-order chi connectivity index (χ0) is 15.6. The van der Waals surface area contributed by atoms with Gasteiger partial charge in [0.05, 0.1) is 23.4 Å². The number of methoxy groups -OCH3 is 1. The molecule has 0 fully saturated rings. The number of anilines is 3. The average molecular weight is 307 g/mol. The van der Waals surface area contributed by atoms with Crippen molar-refractivity contribution in [2.45, 2.75) is 0 Å². The first-order chi connectivity index (χ1) is 9.93. The molecule has 2 rings (SSSR count). The average Bonchev–Trinajstić information content (AvgIpc) is 2.45. The molecule has 0 saturated heterocycles. The van der Waals surface area contributed by atoms with Gasteiger partial charge >= 0.3 is 5.97 Å². The molecule has 0 spiro atoms. The Morgan fingerprint density at radius 1 is 1.33 bits per heavy atom. The van der Waals surface area contributed by atoms with Gasteiger partial charge in [0, 0.05) is 24.5 Å². The number of halogens is 1. The Labute approximate surface area is 127 Å². The minimum atomic E-state index is -1.09. The van der Waals surface area contributed by atoms with Crippen molar-refractivity contribution in [2.24, 2.45) is 0 Å². The summed E-state index contributed by atoms with van der Waals surface area (Å²) in [5, 5.41) is 9.62. The van der Waals surface area contributed by atoms with Crippen molar-refractivity contribution in [3.63, 3.8) is 0 Å². The topological polar surface area (TPSA) is 75.8 Å². The molecule has 0 atom stereocenters. The highest BCUT2D eigenvalue weighted by Crippen LogP contribution is 2.36. The zero-order valence-electron chi connectivity index (χ0n) is 11.6. The van der Waals surface area contributed by atoms with Gasteiger partial charge in [0.1, 0.15) is 5.75 Å². The van der Waals surface area contributed by atoms with Crippen molar-refractivity contribution < 1.29 is 14.6 Å². The van der Waals surface area contributed by atoms with Gasteiger partial charge in [0.15, 0.2) is 0 Å². The molecular weight excluding hydrogens is 292 g/mol. The van der Waals surface area contributed by atoms with Gasteiger partial charge in [0.2, 0.25) is 0 Å². The number of nitrogens with two attached hydrogens (primary N) is 1. The lowest BCUT2D eigenvalue weighted by Gasteiger charge is -2.23. The molecule has 5 nitrogen and oxygen atoms in total. The molecule has 0 radical (unpaired) electrons. The van der Waals surface area contributed by atoms with Crippen LogP contribution in [-0.4, -0.2) is 25.2 Å². The summed E-state index contributed by atoms with van der Waals surface area (Å²) in [6.45, 7) is 0. The second-order valence-corrected chi connectivity index (χ2v) is 4.87. The molecule has 0 unspecified atom stereocenters. The van der Waals surface area contributed by atoms with Crippen LogP contribution in [0.1, 0.15) is 10.4 Å². The van der Waals surface area contributed by atoms with E-state index in [1.54, 1.807) is 31.2 Å². The lowest BCUT2D eigenvalue weighted by molar-refractivity contribution is 0.0697. The fraction of sp³-hybridized carbons (Fsp3) is 0.133. The fourth-order valence-electron chi connectivity index (χ4n) is 2.07. The number of rotatable bonds is 4. The smallest absolute Gasteiger partial charge is 0.337 e. The van der Waals surface area contributed by atoms with Crippen molar-refractivity contribution in [2.75, 3.05) is 24.8 Å². The number of benzene rings is 2. The predicted octanol–water partition coefficient (Wildman–Crippen LogP) is 3.40. The number of carbonyl (C=O) groups is 1. The SMILES string of the molecule is COc1cccc(N(C)c2c(Cl)cc(N)cc2C(=O)O)c1. The van der Waals surface area contributed by atoms with Crippen LogP contribution in [0.4, 0.5) is 17.1 Å². The van der Waals surface area contributed by atoms with Crippen LogP contribution in [0.25, 0.3) is 0 Å². The number of carboxylic acids is 1. The van der Waals surface area contributed by atoms with Crippen molar-refractivity contribution in [1.82, 2.24) is 0 Å². The first kappa shape index (κ1) is 15.0. The third kappa shape index (κ3) is 3.03. The summed E-state index contributed by atoms with van der Waals surface area (Å²) >= 11 is 6.18. The van der Waals surface area contributed by atoms with Crippen LogP contribution < -0.4 is 15.4 Å². The molecule has 3 N–H and O–H groups in total. The highest BCUT2D eigenvalue weighted by atomic mass is 35.5. The molecule has 0 bridgehead atoms. The van der Waals surface area contributed by atoms with Gasteiger partial charge in [0.25, 0.3) is 0 Å². The Hall–Kier alpha value is -2.40. The van der Waals surface area contributed by atoms with Crippen LogP contribution in [0.3, 0.4) is 0 Å². The van der Waals surface area contributed by atoms with Crippen molar-refractivity contribution >= 4 is 34.6 Å². The van der Waals surface area contributed by atoms with Gasteiger partial charge in [-0.3, -0.25) is 0 Å². The highest BCUT2D eigenvalue weighted by molar-refractivity contribution is 6.34. The van der Waals surface area contributed by atoms with E-state index in [0.717, 1.165) is 5.69 Å². The number of nitrogen functional groups attached to an aromatic ring is 1. The maximum absolute atomic E-state index is 11.4. The third-order valence-corrected chi connectivity index (χ3v) is 3.38. The quantitative estimate of drug-likeness (QED) is 0.847. The summed E-state index contributed by atoms with van der Waals surface area (Å²) in [4.78, 5) is 13.1. The molecule has 2 aromatic carbocycles. The van der Waals surface area contributed by atoms with E-state index in [1.807, 2.05) is 12.1 Å².